The second kappa shape index (κ2) is 5.08. The van der Waals surface area contributed by atoms with E-state index < -0.39 is 7.12 Å². The van der Waals surface area contributed by atoms with Crippen LogP contribution >= 0.6 is 0 Å². The molecule has 0 saturated carbocycles. The summed E-state index contributed by atoms with van der Waals surface area (Å²) in [4.78, 5) is 4.23. The zero-order chi connectivity index (χ0) is 14.1. The summed E-state index contributed by atoms with van der Waals surface area (Å²) in [5, 5.41) is 9.24. The van der Waals surface area contributed by atoms with Gasteiger partial charge in [0, 0.05) is 11.8 Å². The summed E-state index contributed by atoms with van der Waals surface area (Å²) in [6.07, 6.45) is 3.52. The third kappa shape index (κ3) is 2.89. The van der Waals surface area contributed by atoms with Gasteiger partial charge >= 0.3 is 7.12 Å². The molecule has 0 atom stereocenters. The van der Waals surface area contributed by atoms with Crippen LogP contribution in [0.3, 0.4) is 0 Å². The van der Waals surface area contributed by atoms with Crippen LogP contribution < -0.4 is 0 Å². The third-order valence-corrected chi connectivity index (χ3v) is 3.78. The maximum atomic E-state index is 9.24. The zero-order valence-corrected chi connectivity index (χ0v) is 11.9. The van der Waals surface area contributed by atoms with Crippen LogP contribution in [0, 0.1) is 0 Å². The predicted octanol–water partition coefficient (Wildman–Crippen LogP) is 2.22. The van der Waals surface area contributed by atoms with Gasteiger partial charge in [0.25, 0.3) is 0 Å². The monoisotopic (exact) mass is 261 g/mol. The van der Waals surface area contributed by atoms with Gasteiger partial charge in [-0.15, -0.1) is 0 Å². The molecule has 4 nitrogen and oxygen atoms in total. The van der Waals surface area contributed by atoms with Crippen LogP contribution in [-0.4, -0.2) is 28.4 Å². The lowest BCUT2D eigenvalue weighted by Gasteiger charge is -2.32. The standard InChI is InChI=1S/C14H20BNO3/c1-13(2)14(3,4)19-15(18-13)8-7-12-11(10-17)6-5-9-16-12/h5-9,17H,10H2,1-4H3/b8-7+. The first kappa shape index (κ1) is 14.2. The normalized spacial score (nSPS) is 21.2. The fourth-order valence-corrected chi connectivity index (χ4v) is 1.87. The highest BCUT2D eigenvalue weighted by molar-refractivity contribution is 6.52. The molecule has 2 rings (SSSR count). The van der Waals surface area contributed by atoms with Crippen LogP contribution in [0.5, 0.6) is 0 Å². The summed E-state index contributed by atoms with van der Waals surface area (Å²) < 4.78 is 11.7. The number of aliphatic hydroxyl groups excluding tert-OH is 1. The van der Waals surface area contributed by atoms with Crippen molar-refractivity contribution >= 4 is 13.2 Å². The molecule has 1 fully saturated rings. The predicted molar refractivity (Wildman–Crippen MR) is 75.3 cm³/mol. The molecule has 0 aromatic carbocycles. The van der Waals surface area contributed by atoms with Crippen molar-refractivity contribution < 1.29 is 14.4 Å². The molecular weight excluding hydrogens is 241 g/mol. The summed E-state index contributed by atoms with van der Waals surface area (Å²) in [5.74, 6) is 1.83. The molecule has 0 bridgehead atoms. The van der Waals surface area contributed by atoms with Gasteiger partial charge in [-0.3, -0.25) is 4.98 Å². The van der Waals surface area contributed by atoms with Gasteiger partial charge in [-0.1, -0.05) is 12.0 Å². The van der Waals surface area contributed by atoms with Crippen molar-refractivity contribution in [1.29, 1.82) is 0 Å². The Morgan fingerprint density at radius 1 is 1.26 bits per heavy atom. The number of aliphatic hydroxyl groups is 1. The second-order valence-electron chi connectivity index (χ2n) is 5.69. The average Bonchev–Trinajstić information content (AvgIpc) is 2.55. The van der Waals surface area contributed by atoms with Gasteiger partial charge in [0.1, 0.15) is 0 Å². The number of hydrogen-bond acceptors (Lipinski definition) is 4. The van der Waals surface area contributed by atoms with Crippen LogP contribution in [0.2, 0.25) is 0 Å². The van der Waals surface area contributed by atoms with E-state index in [-0.39, 0.29) is 17.8 Å². The highest BCUT2D eigenvalue weighted by Gasteiger charge is 2.50. The summed E-state index contributed by atoms with van der Waals surface area (Å²) in [7, 11) is -0.390. The minimum absolute atomic E-state index is 0.0309. The van der Waals surface area contributed by atoms with E-state index in [1.807, 2.05) is 45.8 Å². The quantitative estimate of drug-likeness (QED) is 0.847. The zero-order valence-electron chi connectivity index (χ0n) is 11.9. The van der Waals surface area contributed by atoms with Crippen LogP contribution in [0.25, 0.3) is 6.08 Å². The van der Waals surface area contributed by atoms with Crippen molar-refractivity contribution in [3.05, 3.63) is 35.6 Å². The van der Waals surface area contributed by atoms with Crippen molar-refractivity contribution in [3.63, 3.8) is 0 Å². The number of pyridine rings is 1. The van der Waals surface area contributed by atoms with Gasteiger partial charge in [-0.2, -0.15) is 0 Å². The summed E-state index contributed by atoms with van der Waals surface area (Å²) in [5.41, 5.74) is 0.840. The minimum Gasteiger partial charge on any atom is -0.400 e. The topological polar surface area (TPSA) is 51.6 Å². The molecule has 2 heterocycles. The Balaban J connectivity index is 2.13. The Morgan fingerprint density at radius 3 is 2.47 bits per heavy atom. The van der Waals surface area contributed by atoms with E-state index in [9.17, 15) is 5.11 Å². The van der Waals surface area contributed by atoms with Crippen molar-refractivity contribution in [2.75, 3.05) is 0 Å². The lowest BCUT2D eigenvalue weighted by Crippen LogP contribution is -2.41. The molecule has 1 N–H and O–H groups in total. The summed E-state index contributed by atoms with van der Waals surface area (Å²) in [6, 6.07) is 3.65. The van der Waals surface area contributed by atoms with Crippen molar-refractivity contribution in [3.8, 4) is 0 Å². The number of hydrogen-bond donors (Lipinski definition) is 1. The van der Waals surface area contributed by atoms with E-state index in [0.717, 1.165) is 11.3 Å². The lowest BCUT2D eigenvalue weighted by atomic mass is 9.89. The van der Waals surface area contributed by atoms with Gasteiger partial charge in [0.2, 0.25) is 0 Å². The molecule has 5 heteroatoms. The Kier molecular flexibility index (Phi) is 3.81. The third-order valence-electron chi connectivity index (χ3n) is 3.78. The fraction of sp³-hybridized carbons (Fsp3) is 0.500. The highest BCUT2D eigenvalue weighted by atomic mass is 16.7. The van der Waals surface area contributed by atoms with Crippen LogP contribution in [0.15, 0.2) is 24.3 Å². The van der Waals surface area contributed by atoms with Crippen molar-refractivity contribution in [2.24, 2.45) is 0 Å². The molecule has 1 aromatic rings. The summed E-state index contributed by atoms with van der Waals surface area (Å²) >= 11 is 0. The van der Waals surface area contributed by atoms with Gasteiger partial charge < -0.3 is 14.4 Å². The fourth-order valence-electron chi connectivity index (χ4n) is 1.87. The Bertz CT molecular complexity index is 469. The van der Waals surface area contributed by atoms with Gasteiger partial charge in [0.05, 0.1) is 23.5 Å². The molecule has 102 valence electrons. The van der Waals surface area contributed by atoms with Gasteiger partial charge in [-0.05, 0) is 39.8 Å². The molecule has 0 amide bonds. The van der Waals surface area contributed by atoms with Crippen LogP contribution in [0.1, 0.15) is 39.0 Å². The average molecular weight is 261 g/mol. The largest absolute Gasteiger partial charge is 0.487 e. The molecule has 0 aliphatic carbocycles. The van der Waals surface area contributed by atoms with E-state index in [1.54, 1.807) is 12.3 Å². The summed E-state index contributed by atoms with van der Waals surface area (Å²) in [6.45, 7) is 8.03. The molecule has 1 aromatic heterocycles. The van der Waals surface area contributed by atoms with Crippen LogP contribution in [-0.2, 0) is 15.9 Å². The number of rotatable bonds is 3. The Morgan fingerprint density at radius 2 is 1.89 bits per heavy atom. The number of aromatic nitrogens is 1. The maximum Gasteiger partial charge on any atom is 0.487 e. The molecule has 1 saturated heterocycles. The van der Waals surface area contributed by atoms with E-state index in [0.29, 0.717) is 0 Å². The smallest absolute Gasteiger partial charge is 0.400 e. The van der Waals surface area contributed by atoms with Gasteiger partial charge in [0.15, 0.2) is 0 Å². The van der Waals surface area contributed by atoms with Crippen molar-refractivity contribution in [1.82, 2.24) is 4.98 Å². The van der Waals surface area contributed by atoms with E-state index in [2.05, 4.69) is 4.98 Å². The van der Waals surface area contributed by atoms with E-state index in [1.165, 1.54) is 0 Å². The molecular formula is C14H20BNO3. The van der Waals surface area contributed by atoms with Crippen molar-refractivity contribution in [2.45, 2.75) is 45.5 Å². The molecule has 0 unspecified atom stereocenters. The maximum absolute atomic E-state index is 9.24. The molecule has 1 aliphatic heterocycles. The van der Waals surface area contributed by atoms with Crippen LogP contribution in [0.4, 0.5) is 0 Å². The first-order valence-corrected chi connectivity index (χ1v) is 6.44. The lowest BCUT2D eigenvalue weighted by molar-refractivity contribution is 0.00578. The first-order valence-electron chi connectivity index (χ1n) is 6.44. The Labute approximate surface area is 114 Å². The molecule has 1 aliphatic rings. The highest BCUT2D eigenvalue weighted by Crippen LogP contribution is 2.37. The molecule has 0 spiro atoms. The Hall–Kier alpha value is -1.17. The molecule has 0 radical (unpaired) electrons. The second-order valence-corrected chi connectivity index (χ2v) is 5.69. The number of nitrogens with zero attached hydrogens (tertiary/aromatic N) is 1. The SMILES string of the molecule is CC1(C)OB(/C=C/c2ncccc2CO)OC1(C)C. The first-order chi connectivity index (χ1) is 8.86. The van der Waals surface area contributed by atoms with E-state index in [4.69, 9.17) is 9.31 Å². The molecule has 19 heavy (non-hydrogen) atoms. The minimum atomic E-state index is -0.390. The van der Waals surface area contributed by atoms with E-state index >= 15 is 0 Å². The van der Waals surface area contributed by atoms with Gasteiger partial charge in [-0.25, -0.2) is 0 Å².